The molecule has 4 heteroatoms. The number of aliphatic hydroxyl groups is 1. The Bertz CT molecular complexity index is 385. The van der Waals surface area contributed by atoms with Gasteiger partial charge >= 0.3 is 0 Å². The van der Waals surface area contributed by atoms with Crippen molar-refractivity contribution >= 4 is 0 Å². The van der Waals surface area contributed by atoms with Gasteiger partial charge in [0.2, 0.25) is 0 Å². The first-order chi connectivity index (χ1) is 8.38. The topological polar surface area (TPSA) is 61.7 Å². The quantitative estimate of drug-likeness (QED) is 0.750. The first-order valence-electron chi connectivity index (χ1n) is 6.08. The van der Waals surface area contributed by atoms with E-state index in [0.717, 1.165) is 5.56 Å². The van der Waals surface area contributed by atoms with Gasteiger partial charge in [-0.1, -0.05) is 20.8 Å². The van der Waals surface area contributed by atoms with Crippen LogP contribution in [0.5, 0.6) is 11.5 Å². The van der Waals surface area contributed by atoms with Gasteiger partial charge < -0.3 is 20.3 Å². The van der Waals surface area contributed by atoms with E-state index in [1.54, 1.807) is 25.3 Å². The summed E-state index contributed by atoms with van der Waals surface area (Å²) < 4.78 is 5.12. The Kier molecular flexibility index (Phi) is 4.99. The standard InChI is InChI=1S/C14H23NO3/c1-14(2,3)13(9-16)15-8-10-7-11(18-4)5-6-12(10)17/h5-7,13,15-17H,8-9H2,1-4H3. The molecule has 1 rings (SSSR count). The average Bonchev–Trinajstić information content (AvgIpc) is 2.30. The van der Waals surface area contributed by atoms with E-state index < -0.39 is 0 Å². The molecule has 1 unspecified atom stereocenters. The molecule has 0 spiro atoms. The summed E-state index contributed by atoms with van der Waals surface area (Å²) in [6.45, 7) is 6.74. The lowest BCUT2D eigenvalue weighted by Crippen LogP contribution is -2.42. The fourth-order valence-corrected chi connectivity index (χ4v) is 1.71. The van der Waals surface area contributed by atoms with Crippen molar-refractivity contribution in [2.24, 2.45) is 5.41 Å². The van der Waals surface area contributed by atoms with Gasteiger partial charge in [-0.15, -0.1) is 0 Å². The summed E-state index contributed by atoms with van der Waals surface area (Å²) >= 11 is 0. The summed E-state index contributed by atoms with van der Waals surface area (Å²) in [4.78, 5) is 0. The zero-order chi connectivity index (χ0) is 13.8. The van der Waals surface area contributed by atoms with E-state index in [2.05, 4.69) is 26.1 Å². The first-order valence-corrected chi connectivity index (χ1v) is 6.08. The van der Waals surface area contributed by atoms with Crippen LogP contribution in [0.15, 0.2) is 18.2 Å². The van der Waals surface area contributed by atoms with Crippen LogP contribution >= 0.6 is 0 Å². The van der Waals surface area contributed by atoms with Crippen molar-refractivity contribution in [3.8, 4) is 11.5 Å². The van der Waals surface area contributed by atoms with Gasteiger partial charge in [0.15, 0.2) is 0 Å². The van der Waals surface area contributed by atoms with Crippen LogP contribution < -0.4 is 10.1 Å². The number of benzene rings is 1. The summed E-state index contributed by atoms with van der Waals surface area (Å²) in [5.74, 6) is 0.940. The van der Waals surface area contributed by atoms with E-state index >= 15 is 0 Å². The lowest BCUT2D eigenvalue weighted by Gasteiger charge is -2.30. The van der Waals surface area contributed by atoms with Crippen LogP contribution in [0.3, 0.4) is 0 Å². The molecule has 1 atom stereocenters. The van der Waals surface area contributed by atoms with E-state index in [0.29, 0.717) is 12.3 Å². The summed E-state index contributed by atoms with van der Waals surface area (Å²) in [7, 11) is 1.59. The van der Waals surface area contributed by atoms with Crippen molar-refractivity contribution in [2.45, 2.75) is 33.4 Å². The fraction of sp³-hybridized carbons (Fsp3) is 0.571. The SMILES string of the molecule is COc1ccc(O)c(CNC(CO)C(C)(C)C)c1. The van der Waals surface area contributed by atoms with Gasteiger partial charge in [-0.2, -0.15) is 0 Å². The van der Waals surface area contributed by atoms with Crippen molar-refractivity contribution in [1.82, 2.24) is 5.32 Å². The maximum Gasteiger partial charge on any atom is 0.120 e. The maximum absolute atomic E-state index is 9.76. The Hall–Kier alpha value is -1.26. The van der Waals surface area contributed by atoms with Crippen LogP contribution in [0, 0.1) is 5.41 Å². The smallest absolute Gasteiger partial charge is 0.120 e. The van der Waals surface area contributed by atoms with Crippen LogP contribution in [0.2, 0.25) is 0 Å². The highest BCUT2D eigenvalue weighted by Crippen LogP contribution is 2.24. The number of methoxy groups -OCH3 is 1. The van der Waals surface area contributed by atoms with Crippen molar-refractivity contribution in [2.75, 3.05) is 13.7 Å². The van der Waals surface area contributed by atoms with Crippen molar-refractivity contribution in [1.29, 1.82) is 0 Å². The number of hydrogen-bond acceptors (Lipinski definition) is 4. The van der Waals surface area contributed by atoms with Gasteiger partial charge in [-0.25, -0.2) is 0 Å². The number of hydrogen-bond donors (Lipinski definition) is 3. The van der Waals surface area contributed by atoms with Crippen molar-refractivity contribution in [3.05, 3.63) is 23.8 Å². The molecule has 0 fully saturated rings. The molecular weight excluding hydrogens is 230 g/mol. The highest BCUT2D eigenvalue weighted by molar-refractivity contribution is 5.39. The summed E-state index contributed by atoms with van der Waals surface area (Å²) in [6, 6.07) is 5.09. The number of ether oxygens (including phenoxy) is 1. The van der Waals surface area contributed by atoms with Gasteiger partial charge in [0.1, 0.15) is 11.5 Å². The van der Waals surface area contributed by atoms with Crippen molar-refractivity contribution in [3.63, 3.8) is 0 Å². The first kappa shape index (κ1) is 14.8. The lowest BCUT2D eigenvalue weighted by atomic mass is 9.87. The van der Waals surface area contributed by atoms with Gasteiger partial charge in [-0.05, 0) is 23.6 Å². The number of aliphatic hydroxyl groups excluding tert-OH is 1. The van der Waals surface area contributed by atoms with Gasteiger partial charge in [-0.3, -0.25) is 0 Å². The molecule has 0 saturated heterocycles. The molecular formula is C14H23NO3. The Labute approximate surface area is 109 Å². The van der Waals surface area contributed by atoms with Gasteiger partial charge in [0, 0.05) is 18.2 Å². The molecule has 0 bridgehead atoms. The van der Waals surface area contributed by atoms with E-state index in [9.17, 15) is 10.2 Å². The third kappa shape index (κ3) is 3.89. The Morgan fingerprint density at radius 2 is 2.00 bits per heavy atom. The molecule has 1 aromatic rings. The van der Waals surface area contributed by atoms with Crippen LogP contribution in [0.1, 0.15) is 26.3 Å². The number of phenols is 1. The third-order valence-electron chi connectivity index (χ3n) is 3.05. The molecule has 0 saturated carbocycles. The maximum atomic E-state index is 9.76. The third-order valence-corrected chi connectivity index (χ3v) is 3.05. The van der Waals surface area contributed by atoms with Crippen LogP contribution in [-0.2, 0) is 6.54 Å². The molecule has 1 aromatic carbocycles. The second-order valence-electron chi connectivity index (χ2n) is 5.48. The number of nitrogens with one attached hydrogen (secondary N) is 1. The van der Waals surface area contributed by atoms with Crippen LogP contribution in [0.4, 0.5) is 0 Å². The monoisotopic (exact) mass is 253 g/mol. The highest BCUT2D eigenvalue weighted by Gasteiger charge is 2.23. The molecule has 0 radical (unpaired) electrons. The zero-order valence-corrected chi connectivity index (χ0v) is 11.5. The number of phenolic OH excluding ortho intramolecular Hbond substituents is 1. The lowest BCUT2D eigenvalue weighted by molar-refractivity contribution is 0.157. The minimum absolute atomic E-state index is 0.0249. The molecule has 0 aromatic heterocycles. The highest BCUT2D eigenvalue weighted by atomic mass is 16.5. The minimum atomic E-state index is -0.0385. The predicted octanol–water partition coefficient (Wildman–Crippen LogP) is 1.90. The summed E-state index contributed by atoms with van der Waals surface area (Å²) in [5.41, 5.74) is 0.723. The van der Waals surface area contributed by atoms with Crippen LogP contribution in [0.25, 0.3) is 0 Å². The van der Waals surface area contributed by atoms with Crippen LogP contribution in [-0.4, -0.2) is 30.0 Å². The Balaban J connectivity index is 2.73. The fourth-order valence-electron chi connectivity index (χ4n) is 1.71. The molecule has 3 N–H and O–H groups in total. The second kappa shape index (κ2) is 6.07. The van der Waals surface area contributed by atoms with E-state index in [1.807, 2.05) is 0 Å². The van der Waals surface area contributed by atoms with E-state index in [-0.39, 0.29) is 23.8 Å². The minimum Gasteiger partial charge on any atom is -0.508 e. The van der Waals surface area contributed by atoms with Crippen molar-refractivity contribution < 1.29 is 14.9 Å². The van der Waals surface area contributed by atoms with E-state index in [4.69, 9.17) is 4.74 Å². The van der Waals surface area contributed by atoms with Gasteiger partial charge in [0.25, 0.3) is 0 Å². The molecule has 0 aliphatic carbocycles. The van der Waals surface area contributed by atoms with Gasteiger partial charge in [0.05, 0.1) is 13.7 Å². The van der Waals surface area contributed by atoms with E-state index in [1.165, 1.54) is 0 Å². The summed E-state index contributed by atoms with van der Waals surface area (Å²) in [5, 5.41) is 22.4. The normalized spacial score (nSPS) is 13.4. The molecule has 0 aliphatic rings. The number of rotatable bonds is 5. The summed E-state index contributed by atoms with van der Waals surface area (Å²) in [6.07, 6.45) is 0. The molecule has 4 nitrogen and oxygen atoms in total. The largest absolute Gasteiger partial charge is 0.508 e. The molecule has 0 amide bonds. The molecule has 18 heavy (non-hydrogen) atoms. The second-order valence-corrected chi connectivity index (χ2v) is 5.48. The Morgan fingerprint density at radius 1 is 1.33 bits per heavy atom. The molecule has 0 heterocycles. The predicted molar refractivity (Wildman–Crippen MR) is 71.8 cm³/mol. The average molecular weight is 253 g/mol. The molecule has 102 valence electrons. The molecule has 0 aliphatic heterocycles. The number of aromatic hydroxyl groups is 1. The Morgan fingerprint density at radius 3 is 2.50 bits per heavy atom. The zero-order valence-electron chi connectivity index (χ0n) is 11.5.